The van der Waals surface area contributed by atoms with Gasteiger partial charge in [-0.3, -0.25) is 4.79 Å². The molecule has 4 rings (SSSR count). The van der Waals surface area contributed by atoms with Gasteiger partial charge in [-0.05, 0) is 49.9 Å². The molecule has 0 aliphatic carbocycles. The minimum Gasteiger partial charge on any atom is -0.343 e. The first-order chi connectivity index (χ1) is 11.3. The Labute approximate surface area is 136 Å². The van der Waals surface area contributed by atoms with E-state index in [1.165, 1.54) is 0 Å². The van der Waals surface area contributed by atoms with Gasteiger partial charge in [0.1, 0.15) is 5.82 Å². The number of imidazole rings is 1. The van der Waals surface area contributed by atoms with Gasteiger partial charge in [0.05, 0.1) is 11.0 Å². The van der Waals surface area contributed by atoms with Crippen LogP contribution in [0.1, 0.15) is 25.1 Å². The summed E-state index contributed by atoms with van der Waals surface area (Å²) in [5, 5.41) is 3.48. The number of aromatic nitrogens is 2. The van der Waals surface area contributed by atoms with Crippen LogP contribution >= 0.6 is 0 Å². The maximum Gasteiger partial charge on any atom is 0.223 e. The molecular weight excluding hydrogens is 288 g/mol. The Morgan fingerprint density at radius 3 is 2.65 bits per heavy atom. The largest absolute Gasteiger partial charge is 0.343 e. The van der Waals surface area contributed by atoms with Gasteiger partial charge in [0, 0.05) is 25.9 Å². The number of aromatic amines is 1. The molecule has 3 heterocycles. The molecule has 0 spiro atoms. The second-order valence-electron chi connectivity index (χ2n) is 6.84. The Kier molecular flexibility index (Phi) is 4.04. The monoisotopic (exact) mass is 312 g/mol. The van der Waals surface area contributed by atoms with Crippen LogP contribution in [-0.2, 0) is 11.2 Å². The van der Waals surface area contributed by atoms with E-state index in [4.69, 9.17) is 0 Å². The quantitative estimate of drug-likeness (QED) is 0.911. The lowest BCUT2D eigenvalue weighted by Crippen LogP contribution is -2.33. The van der Waals surface area contributed by atoms with Crippen molar-refractivity contribution in [3.05, 3.63) is 30.1 Å². The predicted molar refractivity (Wildman–Crippen MR) is 90.1 cm³/mol. The summed E-state index contributed by atoms with van der Waals surface area (Å²) < 4.78 is 0. The number of amides is 1. The fourth-order valence-electron chi connectivity index (χ4n) is 3.97. The van der Waals surface area contributed by atoms with Crippen LogP contribution in [0.3, 0.4) is 0 Å². The lowest BCUT2D eigenvalue weighted by Gasteiger charge is -2.20. The van der Waals surface area contributed by atoms with E-state index in [2.05, 4.69) is 20.2 Å². The second kappa shape index (κ2) is 6.32. The number of carbonyl (C=O) groups excluding carboxylic acids is 1. The van der Waals surface area contributed by atoms with Crippen molar-refractivity contribution < 1.29 is 4.79 Å². The normalized spacial score (nSPS) is 24.6. The van der Waals surface area contributed by atoms with E-state index in [-0.39, 0.29) is 5.91 Å². The van der Waals surface area contributed by atoms with Crippen molar-refractivity contribution in [2.75, 3.05) is 26.2 Å². The van der Waals surface area contributed by atoms with E-state index >= 15 is 0 Å². The van der Waals surface area contributed by atoms with E-state index in [0.29, 0.717) is 12.8 Å². The van der Waals surface area contributed by atoms with E-state index in [9.17, 15) is 4.79 Å². The second-order valence-corrected chi connectivity index (χ2v) is 6.84. The Morgan fingerprint density at radius 1 is 1.17 bits per heavy atom. The summed E-state index contributed by atoms with van der Waals surface area (Å²) in [6.07, 6.45) is 3.54. The molecule has 5 nitrogen and oxygen atoms in total. The lowest BCUT2D eigenvalue weighted by molar-refractivity contribution is -0.131. The van der Waals surface area contributed by atoms with Gasteiger partial charge in [0.2, 0.25) is 5.91 Å². The third-order valence-electron chi connectivity index (χ3n) is 5.39. The molecule has 23 heavy (non-hydrogen) atoms. The molecule has 2 aliphatic heterocycles. The highest BCUT2D eigenvalue weighted by Gasteiger charge is 2.31. The van der Waals surface area contributed by atoms with Crippen LogP contribution in [0.15, 0.2) is 24.3 Å². The third-order valence-corrected chi connectivity index (χ3v) is 5.39. The number of aryl methyl sites for hydroxylation is 1. The maximum atomic E-state index is 12.5. The molecule has 5 heteroatoms. The number of nitrogens with zero attached hydrogens (tertiary/aromatic N) is 2. The predicted octanol–water partition coefficient (Wildman–Crippen LogP) is 1.95. The summed E-state index contributed by atoms with van der Waals surface area (Å²) in [5.74, 6) is 2.72. The topological polar surface area (TPSA) is 61.0 Å². The molecule has 1 aromatic carbocycles. The van der Waals surface area contributed by atoms with Crippen molar-refractivity contribution in [2.24, 2.45) is 11.8 Å². The maximum absolute atomic E-state index is 12.5. The van der Waals surface area contributed by atoms with Crippen LogP contribution in [-0.4, -0.2) is 47.0 Å². The van der Waals surface area contributed by atoms with Gasteiger partial charge in [0.15, 0.2) is 0 Å². The summed E-state index contributed by atoms with van der Waals surface area (Å²) >= 11 is 0. The summed E-state index contributed by atoms with van der Waals surface area (Å²) in [7, 11) is 0. The molecule has 122 valence electrons. The number of H-pyrrole nitrogens is 1. The SMILES string of the molecule is O=C(CCc1nc2ccccc2[nH]1)N1CC[C@@H]2CNC[C@@H]2CC1. The molecule has 2 aromatic rings. The first kappa shape index (κ1) is 14.7. The Balaban J connectivity index is 1.34. The summed E-state index contributed by atoms with van der Waals surface area (Å²) in [6, 6.07) is 8.01. The molecule has 1 aromatic heterocycles. The molecule has 1 amide bonds. The smallest absolute Gasteiger partial charge is 0.223 e. The molecule has 2 atom stereocenters. The van der Waals surface area contributed by atoms with E-state index in [1.54, 1.807) is 0 Å². The first-order valence-corrected chi connectivity index (χ1v) is 8.72. The highest BCUT2D eigenvalue weighted by atomic mass is 16.2. The number of benzene rings is 1. The van der Waals surface area contributed by atoms with Crippen LogP contribution < -0.4 is 5.32 Å². The van der Waals surface area contributed by atoms with Gasteiger partial charge in [-0.25, -0.2) is 4.98 Å². The zero-order chi connectivity index (χ0) is 15.6. The molecular formula is C18H24N4O. The van der Waals surface area contributed by atoms with Crippen LogP contribution in [0.2, 0.25) is 0 Å². The lowest BCUT2D eigenvalue weighted by atomic mass is 9.92. The number of fused-ring (bicyclic) bond motifs is 2. The van der Waals surface area contributed by atoms with Gasteiger partial charge in [-0.15, -0.1) is 0 Å². The molecule has 0 unspecified atom stereocenters. The van der Waals surface area contributed by atoms with Crippen LogP contribution in [0.5, 0.6) is 0 Å². The fourth-order valence-corrected chi connectivity index (χ4v) is 3.97. The van der Waals surface area contributed by atoms with Gasteiger partial charge in [0.25, 0.3) is 0 Å². The minimum absolute atomic E-state index is 0.276. The summed E-state index contributed by atoms with van der Waals surface area (Å²) in [6.45, 7) is 4.10. The molecule has 0 saturated carbocycles. The number of nitrogens with one attached hydrogen (secondary N) is 2. The average molecular weight is 312 g/mol. The molecule has 0 bridgehead atoms. The van der Waals surface area contributed by atoms with E-state index in [0.717, 1.165) is 67.7 Å². The molecule has 2 N–H and O–H groups in total. The average Bonchev–Trinajstić information content (AvgIpc) is 3.14. The zero-order valence-corrected chi connectivity index (χ0v) is 13.4. The van der Waals surface area contributed by atoms with Crippen molar-refractivity contribution in [3.63, 3.8) is 0 Å². The minimum atomic E-state index is 0.276. The first-order valence-electron chi connectivity index (χ1n) is 8.72. The van der Waals surface area contributed by atoms with Crippen LogP contribution in [0.25, 0.3) is 11.0 Å². The van der Waals surface area contributed by atoms with Crippen molar-refractivity contribution >= 4 is 16.9 Å². The summed E-state index contributed by atoms with van der Waals surface area (Å²) in [4.78, 5) is 22.5. The number of hydrogen-bond donors (Lipinski definition) is 2. The number of para-hydroxylation sites is 2. The highest BCUT2D eigenvalue weighted by Crippen LogP contribution is 2.27. The number of hydrogen-bond acceptors (Lipinski definition) is 3. The summed E-state index contributed by atoms with van der Waals surface area (Å²) in [5.41, 5.74) is 2.02. The fraction of sp³-hybridized carbons (Fsp3) is 0.556. The number of likely N-dealkylation sites (tertiary alicyclic amines) is 1. The molecule has 2 fully saturated rings. The molecule has 2 saturated heterocycles. The van der Waals surface area contributed by atoms with Gasteiger partial charge >= 0.3 is 0 Å². The standard InChI is InChI=1S/C18H24N4O/c23-18(22-9-7-13-11-19-12-14(13)8-10-22)6-5-17-20-15-3-1-2-4-16(15)21-17/h1-4,13-14,19H,5-12H2,(H,20,21)/t13-,14+. The Bertz CT molecular complexity index is 648. The van der Waals surface area contributed by atoms with E-state index in [1.807, 2.05) is 24.3 Å². The van der Waals surface area contributed by atoms with Crippen molar-refractivity contribution in [3.8, 4) is 0 Å². The highest BCUT2D eigenvalue weighted by molar-refractivity contribution is 5.77. The Hall–Kier alpha value is -1.88. The molecule has 2 aliphatic rings. The number of carbonyl (C=O) groups is 1. The number of rotatable bonds is 3. The zero-order valence-electron chi connectivity index (χ0n) is 13.4. The van der Waals surface area contributed by atoms with Crippen molar-refractivity contribution in [1.29, 1.82) is 0 Å². The van der Waals surface area contributed by atoms with E-state index < -0.39 is 0 Å². The Morgan fingerprint density at radius 2 is 1.91 bits per heavy atom. The van der Waals surface area contributed by atoms with Crippen molar-refractivity contribution in [2.45, 2.75) is 25.7 Å². The van der Waals surface area contributed by atoms with Gasteiger partial charge in [-0.2, -0.15) is 0 Å². The van der Waals surface area contributed by atoms with Crippen molar-refractivity contribution in [1.82, 2.24) is 20.2 Å². The van der Waals surface area contributed by atoms with Crippen LogP contribution in [0.4, 0.5) is 0 Å². The van der Waals surface area contributed by atoms with Gasteiger partial charge in [-0.1, -0.05) is 12.1 Å². The third kappa shape index (κ3) is 3.11. The molecule has 0 radical (unpaired) electrons. The van der Waals surface area contributed by atoms with Crippen LogP contribution in [0, 0.1) is 11.8 Å². The van der Waals surface area contributed by atoms with Gasteiger partial charge < -0.3 is 15.2 Å².